The Morgan fingerprint density at radius 1 is 1.42 bits per heavy atom. The normalized spacial score (nSPS) is 18.3. The summed E-state index contributed by atoms with van der Waals surface area (Å²) in [4.78, 5) is 27.4. The highest BCUT2D eigenvalue weighted by Gasteiger charge is 2.30. The number of pyridine rings is 1. The van der Waals surface area contributed by atoms with Crippen molar-refractivity contribution in [2.24, 2.45) is 0 Å². The van der Waals surface area contributed by atoms with E-state index < -0.39 is 5.56 Å². The number of nitrogens with one attached hydrogen (secondary N) is 2. The largest absolute Gasteiger partial charge is 0.494 e. The average Bonchev–Trinajstić information content (AvgIpc) is 2.38. The first-order valence-electron chi connectivity index (χ1n) is 6.35. The van der Waals surface area contributed by atoms with Crippen LogP contribution in [0, 0.1) is 0 Å². The molecular weight excluding hydrogens is 246 g/mol. The number of piperidine rings is 1. The Labute approximate surface area is 111 Å². The number of likely N-dealkylation sites (tertiary alicyclic amines) is 1. The van der Waals surface area contributed by atoms with E-state index in [1.54, 1.807) is 4.90 Å². The molecule has 1 fully saturated rings. The smallest absolute Gasteiger partial charge is 0.254 e. The molecule has 19 heavy (non-hydrogen) atoms. The lowest BCUT2D eigenvalue weighted by Gasteiger charge is -2.39. The first-order chi connectivity index (χ1) is 8.93. The number of H-pyrrole nitrogens is 1. The molecule has 0 atom stereocenters. The van der Waals surface area contributed by atoms with Crippen LogP contribution in [0.5, 0.6) is 5.88 Å². The predicted molar refractivity (Wildman–Crippen MR) is 71.3 cm³/mol. The van der Waals surface area contributed by atoms with Crippen LogP contribution in [0.25, 0.3) is 0 Å². The zero-order chi connectivity index (χ0) is 14.0. The molecule has 0 bridgehead atoms. The maximum atomic E-state index is 12.2. The van der Waals surface area contributed by atoms with Crippen molar-refractivity contribution in [3.05, 3.63) is 28.0 Å². The monoisotopic (exact) mass is 265 g/mol. The second-order valence-electron chi connectivity index (χ2n) is 5.22. The van der Waals surface area contributed by atoms with Gasteiger partial charge in [0.05, 0.1) is 5.56 Å². The van der Waals surface area contributed by atoms with Crippen LogP contribution in [0.1, 0.15) is 30.1 Å². The van der Waals surface area contributed by atoms with E-state index >= 15 is 0 Å². The van der Waals surface area contributed by atoms with E-state index in [2.05, 4.69) is 17.2 Å². The van der Waals surface area contributed by atoms with Crippen LogP contribution in [0.2, 0.25) is 0 Å². The van der Waals surface area contributed by atoms with Crippen LogP contribution >= 0.6 is 0 Å². The van der Waals surface area contributed by atoms with Crippen LogP contribution in [0.4, 0.5) is 0 Å². The highest BCUT2D eigenvalue weighted by Crippen LogP contribution is 2.22. The molecule has 0 radical (unpaired) electrons. The molecule has 1 aromatic heterocycles. The van der Waals surface area contributed by atoms with Gasteiger partial charge in [0.25, 0.3) is 11.5 Å². The lowest BCUT2D eigenvalue weighted by Crippen LogP contribution is -2.51. The second kappa shape index (κ2) is 5.05. The number of carbonyl (C=O) groups is 1. The molecule has 1 aliphatic heterocycles. The van der Waals surface area contributed by atoms with Gasteiger partial charge in [-0.2, -0.15) is 0 Å². The molecular formula is C13H19N3O3. The summed E-state index contributed by atoms with van der Waals surface area (Å²) in [6.45, 7) is 3.42. The van der Waals surface area contributed by atoms with Crippen molar-refractivity contribution in [3.63, 3.8) is 0 Å². The minimum absolute atomic E-state index is 0.0626. The number of hydrogen-bond donors (Lipinski definition) is 3. The van der Waals surface area contributed by atoms with E-state index in [-0.39, 0.29) is 22.9 Å². The molecule has 0 aromatic carbocycles. The molecule has 0 saturated carbocycles. The maximum absolute atomic E-state index is 12.2. The number of carbonyl (C=O) groups excluding carboxylic acids is 1. The fraction of sp³-hybridized carbons (Fsp3) is 0.538. The zero-order valence-electron chi connectivity index (χ0n) is 11.2. The number of rotatable bonds is 2. The summed E-state index contributed by atoms with van der Waals surface area (Å²) in [6.07, 6.45) is 1.73. The van der Waals surface area contributed by atoms with Crippen LogP contribution in [-0.4, -0.2) is 46.6 Å². The van der Waals surface area contributed by atoms with Gasteiger partial charge in [-0.15, -0.1) is 0 Å². The van der Waals surface area contributed by atoms with Gasteiger partial charge >= 0.3 is 0 Å². The molecule has 1 saturated heterocycles. The SMILES string of the molecule is CNC1(C)CCN(C(=O)c2cc(O)[nH]c(=O)c2)CC1. The van der Waals surface area contributed by atoms with Gasteiger partial charge in [-0.3, -0.25) is 14.6 Å². The van der Waals surface area contributed by atoms with E-state index in [0.717, 1.165) is 12.8 Å². The minimum atomic E-state index is -0.472. The highest BCUT2D eigenvalue weighted by atomic mass is 16.3. The Balaban J connectivity index is 2.11. The summed E-state index contributed by atoms with van der Waals surface area (Å²) in [5, 5.41) is 12.6. The van der Waals surface area contributed by atoms with Crippen molar-refractivity contribution < 1.29 is 9.90 Å². The molecule has 1 aliphatic rings. The lowest BCUT2D eigenvalue weighted by atomic mass is 9.89. The predicted octanol–water partition coefficient (Wildman–Crippen LogP) is 0.295. The number of hydrogen-bond acceptors (Lipinski definition) is 4. The molecule has 0 unspecified atom stereocenters. The Morgan fingerprint density at radius 3 is 2.58 bits per heavy atom. The van der Waals surface area contributed by atoms with E-state index in [1.165, 1.54) is 12.1 Å². The Morgan fingerprint density at radius 2 is 2.05 bits per heavy atom. The fourth-order valence-electron chi connectivity index (χ4n) is 2.29. The van der Waals surface area contributed by atoms with Gasteiger partial charge < -0.3 is 15.3 Å². The van der Waals surface area contributed by atoms with Crippen molar-refractivity contribution in [1.82, 2.24) is 15.2 Å². The third-order valence-electron chi connectivity index (χ3n) is 3.83. The molecule has 0 spiro atoms. The zero-order valence-corrected chi connectivity index (χ0v) is 11.2. The minimum Gasteiger partial charge on any atom is -0.494 e. The molecule has 6 heteroatoms. The second-order valence-corrected chi connectivity index (χ2v) is 5.22. The van der Waals surface area contributed by atoms with E-state index in [9.17, 15) is 14.7 Å². The van der Waals surface area contributed by atoms with Crippen molar-refractivity contribution in [3.8, 4) is 5.88 Å². The van der Waals surface area contributed by atoms with Gasteiger partial charge in [-0.05, 0) is 26.8 Å². The molecule has 1 aromatic rings. The fourth-order valence-corrected chi connectivity index (χ4v) is 2.29. The quantitative estimate of drug-likeness (QED) is 0.717. The highest BCUT2D eigenvalue weighted by molar-refractivity contribution is 5.94. The Kier molecular flexibility index (Phi) is 3.61. The number of aromatic amines is 1. The van der Waals surface area contributed by atoms with Crippen molar-refractivity contribution in [2.45, 2.75) is 25.3 Å². The number of aromatic hydroxyl groups is 1. The summed E-state index contributed by atoms with van der Waals surface area (Å²) in [5.74, 6) is -0.493. The van der Waals surface area contributed by atoms with Crippen LogP contribution in [0.15, 0.2) is 16.9 Å². The molecule has 0 aliphatic carbocycles. The first kappa shape index (κ1) is 13.6. The van der Waals surface area contributed by atoms with Gasteiger partial charge in [0.2, 0.25) is 0 Å². The van der Waals surface area contributed by atoms with E-state index in [1.807, 2.05) is 7.05 Å². The number of nitrogens with zero attached hydrogens (tertiary/aromatic N) is 1. The molecule has 104 valence electrons. The van der Waals surface area contributed by atoms with E-state index in [0.29, 0.717) is 13.1 Å². The summed E-state index contributed by atoms with van der Waals surface area (Å²) >= 11 is 0. The van der Waals surface area contributed by atoms with Gasteiger partial charge in [0, 0.05) is 30.8 Å². The van der Waals surface area contributed by atoms with E-state index in [4.69, 9.17) is 0 Å². The lowest BCUT2D eigenvalue weighted by molar-refractivity contribution is 0.0661. The number of aromatic nitrogens is 1. The van der Waals surface area contributed by atoms with Gasteiger partial charge in [0.1, 0.15) is 0 Å². The van der Waals surface area contributed by atoms with Crippen molar-refractivity contribution in [1.29, 1.82) is 0 Å². The summed E-state index contributed by atoms with van der Waals surface area (Å²) < 4.78 is 0. The summed E-state index contributed by atoms with van der Waals surface area (Å²) in [6, 6.07) is 2.50. The molecule has 2 rings (SSSR count). The third kappa shape index (κ3) is 2.96. The molecule has 3 N–H and O–H groups in total. The summed E-state index contributed by atoms with van der Waals surface area (Å²) in [5.41, 5.74) is -0.178. The summed E-state index contributed by atoms with van der Waals surface area (Å²) in [7, 11) is 1.92. The molecule has 1 amide bonds. The standard InChI is InChI=1S/C13H19N3O3/c1-13(14-2)3-5-16(6-4-13)12(19)9-7-10(17)15-11(18)8-9/h7-8,14H,3-6H2,1-2H3,(H2,15,17,18). The number of amides is 1. The maximum Gasteiger partial charge on any atom is 0.254 e. The first-order valence-corrected chi connectivity index (χ1v) is 6.35. The topological polar surface area (TPSA) is 85.4 Å². The van der Waals surface area contributed by atoms with Crippen molar-refractivity contribution >= 4 is 5.91 Å². The molecule has 6 nitrogen and oxygen atoms in total. The third-order valence-corrected chi connectivity index (χ3v) is 3.83. The Bertz CT molecular complexity index is 530. The Hall–Kier alpha value is -1.82. The van der Waals surface area contributed by atoms with Gasteiger partial charge in [0.15, 0.2) is 5.88 Å². The van der Waals surface area contributed by atoms with Crippen LogP contribution in [0.3, 0.4) is 0 Å². The van der Waals surface area contributed by atoms with Gasteiger partial charge in [-0.25, -0.2) is 0 Å². The average molecular weight is 265 g/mol. The van der Waals surface area contributed by atoms with Crippen molar-refractivity contribution in [2.75, 3.05) is 20.1 Å². The molecule has 2 heterocycles. The van der Waals surface area contributed by atoms with Crippen LogP contribution in [-0.2, 0) is 0 Å². The van der Waals surface area contributed by atoms with Crippen LogP contribution < -0.4 is 10.9 Å². The van der Waals surface area contributed by atoms with Gasteiger partial charge in [-0.1, -0.05) is 0 Å².